The van der Waals surface area contributed by atoms with Crippen molar-refractivity contribution in [2.24, 2.45) is 23.2 Å². The lowest BCUT2D eigenvalue weighted by Gasteiger charge is -2.58. The molecule has 0 amide bonds. The first kappa shape index (κ1) is 41.9. The van der Waals surface area contributed by atoms with Gasteiger partial charge in [0.1, 0.15) is 36.6 Å². The Morgan fingerprint density at radius 3 is 1.88 bits per heavy atom. The van der Waals surface area contributed by atoms with Crippen LogP contribution in [0.2, 0.25) is 0 Å². The molecule has 2 fully saturated rings. The zero-order chi connectivity index (χ0) is 39.5. The molecule has 290 valence electrons. The summed E-state index contributed by atoms with van der Waals surface area (Å²) < 4.78 is 44.8. The van der Waals surface area contributed by atoms with Gasteiger partial charge in [-0.2, -0.15) is 0 Å². The fraction of sp³-hybridized carbons (Fsp3) is 0.714. The van der Waals surface area contributed by atoms with Gasteiger partial charge >= 0.3 is 47.8 Å². The number of methoxy groups -OCH3 is 1. The highest BCUT2D eigenvalue weighted by Crippen LogP contribution is 2.57. The van der Waals surface area contributed by atoms with Crippen LogP contribution in [0.3, 0.4) is 0 Å². The van der Waals surface area contributed by atoms with Crippen LogP contribution in [-0.4, -0.2) is 108 Å². The van der Waals surface area contributed by atoms with Crippen molar-refractivity contribution < 1.29 is 81.4 Å². The van der Waals surface area contributed by atoms with Crippen LogP contribution in [0, 0.1) is 23.2 Å². The molecule has 12 atom stereocenters. The number of esters is 8. The molecule has 1 N–H and O–H groups in total. The highest BCUT2D eigenvalue weighted by atomic mass is 16.6. The Hall–Kier alpha value is -4.54. The normalized spacial score (nSPS) is 35.7. The lowest BCUT2D eigenvalue weighted by molar-refractivity contribution is -0.254. The maximum atomic E-state index is 13.5. The second-order valence-corrected chi connectivity index (χ2v) is 13.8. The van der Waals surface area contributed by atoms with Crippen molar-refractivity contribution in [1.29, 1.82) is 0 Å². The van der Waals surface area contributed by atoms with Crippen LogP contribution in [-0.2, 0) is 76.3 Å². The molecule has 0 spiro atoms. The molecule has 0 radical (unpaired) electrons. The molecule has 1 heterocycles. The number of fused-ring (bicyclic) bond motifs is 2. The number of ether oxygens (including phenoxy) is 8. The van der Waals surface area contributed by atoms with E-state index < -0.39 is 138 Å². The zero-order valence-corrected chi connectivity index (χ0v) is 31.0. The Balaban J connectivity index is 2.49. The molecule has 0 bridgehead atoms. The second-order valence-electron chi connectivity index (χ2n) is 13.8. The average molecular weight is 741 g/mol. The van der Waals surface area contributed by atoms with Gasteiger partial charge in [-0.25, -0.2) is 4.79 Å². The summed E-state index contributed by atoms with van der Waals surface area (Å²) in [5, 5.41) is 12.8. The first-order valence-corrected chi connectivity index (χ1v) is 16.9. The van der Waals surface area contributed by atoms with E-state index in [0.29, 0.717) is 0 Å². The standard InChI is InChI=1S/C35H48O17/c1-15(46-18(4)36)11-29(41)51-25-14-27(49-21(7)39)34(9)26(48-20(6)38)13-24(47-19(5)37)16(2)30(34)31(50-22(8)40)35(44)17(3)32(42)52-28(35)12-23(25)33(43)45-10/h12,15-17,24-28,30-31,44H,11,13-14H2,1-10H3/b23-12+/t15?,16-,17-,24+,25+,26-,27-,28-,30+,31-,34+,35-/m0/s1. The van der Waals surface area contributed by atoms with Crippen LogP contribution >= 0.6 is 0 Å². The van der Waals surface area contributed by atoms with Crippen LogP contribution in [0.5, 0.6) is 0 Å². The third-order valence-electron chi connectivity index (χ3n) is 10.1. The Morgan fingerprint density at radius 1 is 0.846 bits per heavy atom. The Morgan fingerprint density at radius 2 is 1.38 bits per heavy atom. The van der Waals surface area contributed by atoms with E-state index in [1.807, 2.05) is 0 Å². The number of aliphatic hydroxyl groups is 1. The summed E-state index contributed by atoms with van der Waals surface area (Å²) in [5.74, 6) is -10.6. The van der Waals surface area contributed by atoms with E-state index >= 15 is 0 Å². The fourth-order valence-electron chi connectivity index (χ4n) is 7.84. The maximum Gasteiger partial charge on any atom is 0.337 e. The summed E-state index contributed by atoms with van der Waals surface area (Å²) in [4.78, 5) is 103. The second kappa shape index (κ2) is 16.4. The van der Waals surface area contributed by atoms with Crippen molar-refractivity contribution >= 4 is 47.8 Å². The SMILES string of the molecule is COC(=O)/C1=C/[C@@H]2OC(=O)[C@H](C)[C@@]2(O)[C@@H](OC(C)=O)[C@H]2[C@@H](C)[C@H](OC(C)=O)C[C@H](OC(C)=O)[C@]2(C)[C@@H](OC(C)=O)C[C@H]1OC(=O)CC(C)OC(C)=O. The topological polar surface area (TPSA) is 231 Å². The van der Waals surface area contributed by atoms with Crippen molar-refractivity contribution in [1.82, 2.24) is 0 Å². The molecule has 17 heteroatoms. The van der Waals surface area contributed by atoms with Crippen molar-refractivity contribution in [2.45, 2.75) is 130 Å². The molecular weight excluding hydrogens is 692 g/mol. The Bertz CT molecular complexity index is 1480. The van der Waals surface area contributed by atoms with Gasteiger partial charge in [0, 0.05) is 64.7 Å². The lowest BCUT2D eigenvalue weighted by Crippen LogP contribution is -2.69. The molecule has 0 aromatic rings. The zero-order valence-electron chi connectivity index (χ0n) is 31.0. The number of rotatable bonds is 9. The van der Waals surface area contributed by atoms with E-state index in [1.165, 1.54) is 20.8 Å². The maximum absolute atomic E-state index is 13.5. The van der Waals surface area contributed by atoms with Crippen LogP contribution in [0.25, 0.3) is 0 Å². The third-order valence-corrected chi connectivity index (χ3v) is 10.1. The van der Waals surface area contributed by atoms with Gasteiger partial charge < -0.3 is 43.0 Å². The molecule has 2 aliphatic carbocycles. The largest absolute Gasteiger partial charge is 0.466 e. The monoisotopic (exact) mass is 740 g/mol. The molecule has 3 aliphatic rings. The number of hydrogen-bond donors (Lipinski definition) is 1. The molecule has 1 saturated carbocycles. The first-order valence-electron chi connectivity index (χ1n) is 16.9. The van der Waals surface area contributed by atoms with E-state index in [4.69, 9.17) is 37.9 Å². The summed E-state index contributed by atoms with van der Waals surface area (Å²) in [7, 11) is 1.02. The van der Waals surface area contributed by atoms with Crippen LogP contribution < -0.4 is 0 Å². The van der Waals surface area contributed by atoms with Gasteiger partial charge in [0.05, 0.1) is 25.0 Å². The summed E-state index contributed by atoms with van der Waals surface area (Å²) in [5.41, 5.74) is -4.68. The average Bonchev–Trinajstić information content (AvgIpc) is 3.22. The van der Waals surface area contributed by atoms with Gasteiger partial charge in [-0.05, 0) is 19.9 Å². The van der Waals surface area contributed by atoms with E-state index in [1.54, 1.807) is 6.92 Å². The molecule has 3 rings (SSSR count). The van der Waals surface area contributed by atoms with E-state index in [0.717, 1.165) is 47.8 Å². The van der Waals surface area contributed by atoms with Crippen molar-refractivity contribution in [3.8, 4) is 0 Å². The molecule has 1 aliphatic heterocycles. The van der Waals surface area contributed by atoms with E-state index in [2.05, 4.69) is 0 Å². The summed E-state index contributed by atoms with van der Waals surface area (Å²) in [6.07, 6.45) is -10.1. The molecule has 52 heavy (non-hydrogen) atoms. The summed E-state index contributed by atoms with van der Waals surface area (Å²) >= 11 is 0. The predicted molar refractivity (Wildman–Crippen MR) is 172 cm³/mol. The highest BCUT2D eigenvalue weighted by molar-refractivity contribution is 5.90. The van der Waals surface area contributed by atoms with Gasteiger partial charge in [-0.1, -0.05) is 13.8 Å². The minimum absolute atomic E-state index is 0.172. The third kappa shape index (κ3) is 8.73. The molecule has 0 aromatic carbocycles. The van der Waals surface area contributed by atoms with Crippen molar-refractivity contribution in [3.05, 3.63) is 11.6 Å². The van der Waals surface area contributed by atoms with E-state index in [-0.39, 0.29) is 6.42 Å². The highest BCUT2D eigenvalue weighted by Gasteiger charge is 2.70. The lowest BCUT2D eigenvalue weighted by atomic mass is 9.52. The van der Waals surface area contributed by atoms with Crippen molar-refractivity contribution in [2.75, 3.05) is 7.11 Å². The van der Waals surface area contributed by atoms with Crippen LogP contribution in [0.15, 0.2) is 11.6 Å². The van der Waals surface area contributed by atoms with Gasteiger partial charge in [0.25, 0.3) is 0 Å². The number of carbonyl (C=O) groups is 8. The Kier molecular flexibility index (Phi) is 13.2. The minimum atomic E-state index is -2.50. The first-order chi connectivity index (χ1) is 24.1. The Labute approximate surface area is 300 Å². The molecule has 0 aromatic heterocycles. The van der Waals surface area contributed by atoms with Gasteiger partial charge in [-0.3, -0.25) is 33.6 Å². The molecular formula is C35H48O17. The fourth-order valence-corrected chi connectivity index (χ4v) is 7.84. The molecule has 17 nitrogen and oxygen atoms in total. The number of carbonyl (C=O) groups excluding carboxylic acids is 8. The minimum Gasteiger partial charge on any atom is -0.466 e. The summed E-state index contributed by atoms with van der Waals surface area (Å²) in [6, 6.07) is 0. The predicted octanol–water partition coefficient (Wildman–Crippen LogP) is 1.42. The quantitative estimate of drug-likeness (QED) is 0.260. The molecule has 1 saturated heterocycles. The van der Waals surface area contributed by atoms with Crippen molar-refractivity contribution in [3.63, 3.8) is 0 Å². The van der Waals surface area contributed by atoms with Crippen LogP contribution in [0.1, 0.15) is 81.6 Å². The van der Waals surface area contributed by atoms with Crippen LogP contribution in [0.4, 0.5) is 0 Å². The number of hydrogen-bond acceptors (Lipinski definition) is 17. The van der Waals surface area contributed by atoms with Gasteiger partial charge in [0.15, 0.2) is 11.7 Å². The smallest absolute Gasteiger partial charge is 0.337 e. The van der Waals surface area contributed by atoms with E-state index in [9.17, 15) is 43.5 Å². The van der Waals surface area contributed by atoms with Gasteiger partial charge in [-0.15, -0.1) is 0 Å². The van der Waals surface area contributed by atoms with Gasteiger partial charge in [0.2, 0.25) is 0 Å². The summed E-state index contributed by atoms with van der Waals surface area (Å²) in [6.45, 7) is 11.5. The molecule has 1 unspecified atom stereocenters.